The Kier molecular flexibility index (Phi) is 5.52. The van der Waals surface area contributed by atoms with Gasteiger partial charge in [0.05, 0.1) is 0 Å². The maximum atomic E-state index is 12.3. The molecule has 0 bridgehead atoms. The Morgan fingerprint density at radius 2 is 1.83 bits per heavy atom. The highest BCUT2D eigenvalue weighted by atomic mass is 16.5. The highest BCUT2D eigenvalue weighted by Gasteiger charge is 2.23. The smallest absolute Gasteiger partial charge is 0.260 e. The van der Waals surface area contributed by atoms with Crippen LogP contribution in [0.2, 0.25) is 0 Å². The lowest BCUT2D eigenvalue weighted by molar-refractivity contribution is -0.134. The first-order chi connectivity index (χ1) is 11.7. The molecule has 0 radical (unpaired) electrons. The summed E-state index contributed by atoms with van der Waals surface area (Å²) in [5.74, 6) is 1.53. The molecule has 1 aliphatic rings. The van der Waals surface area contributed by atoms with Crippen LogP contribution in [0.3, 0.4) is 0 Å². The van der Waals surface area contributed by atoms with Gasteiger partial charge in [0.25, 0.3) is 5.91 Å². The predicted molar refractivity (Wildman–Crippen MR) is 96.1 cm³/mol. The van der Waals surface area contributed by atoms with Crippen LogP contribution in [0.5, 0.6) is 5.75 Å². The van der Waals surface area contributed by atoms with Gasteiger partial charge in [0.1, 0.15) is 5.75 Å². The molecule has 3 nitrogen and oxygen atoms in total. The Labute approximate surface area is 144 Å². The van der Waals surface area contributed by atoms with Crippen molar-refractivity contribution in [3.8, 4) is 5.75 Å². The van der Waals surface area contributed by atoms with Gasteiger partial charge in [-0.25, -0.2) is 0 Å². The number of carbonyl (C=O) groups is 1. The molecule has 0 saturated carbocycles. The molecule has 1 aliphatic heterocycles. The van der Waals surface area contributed by atoms with Gasteiger partial charge in [-0.05, 0) is 55.4 Å². The van der Waals surface area contributed by atoms with E-state index in [1.807, 2.05) is 36.1 Å². The van der Waals surface area contributed by atoms with Gasteiger partial charge in [0, 0.05) is 13.1 Å². The van der Waals surface area contributed by atoms with E-state index in [-0.39, 0.29) is 12.5 Å². The predicted octanol–water partition coefficient (Wildman–Crippen LogP) is 3.86. The molecule has 1 fully saturated rings. The van der Waals surface area contributed by atoms with Gasteiger partial charge in [0.15, 0.2) is 6.61 Å². The van der Waals surface area contributed by atoms with Crippen molar-refractivity contribution in [2.45, 2.75) is 26.2 Å². The van der Waals surface area contributed by atoms with Crippen molar-refractivity contribution < 1.29 is 9.53 Å². The van der Waals surface area contributed by atoms with Crippen LogP contribution in [0.4, 0.5) is 0 Å². The number of piperidine rings is 1. The lowest BCUT2D eigenvalue weighted by Gasteiger charge is -2.32. The lowest BCUT2D eigenvalue weighted by atomic mass is 9.90. The zero-order chi connectivity index (χ0) is 16.8. The largest absolute Gasteiger partial charge is 0.484 e. The van der Waals surface area contributed by atoms with E-state index in [0.717, 1.165) is 43.7 Å². The van der Waals surface area contributed by atoms with Gasteiger partial charge in [0.2, 0.25) is 0 Å². The summed E-state index contributed by atoms with van der Waals surface area (Å²) in [7, 11) is 0. The zero-order valence-electron chi connectivity index (χ0n) is 14.3. The standard InChI is InChI=1S/C21H25NO2/c1-17-6-5-9-20(14-17)24-16-21(23)22-12-10-19(11-13-22)15-18-7-3-2-4-8-18/h2-9,14,19H,10-13,15-16H2,1H3. The second-order valence-corrected chi connectivity index (χ2v) is 6.62. The van der Waals surface area contributed by atoms with Crippen LogP contribution in [0, 0.1) is 12.8 Å². The first-order valence-electron chi connectivity index (χ1n) is 8.72. The van der Waals surface area contributed by atoms with Gasteiger partial charge in [-0.3, -0.25) is 4.79 Å². The van der Waals surface area contributed by atoms with Gasteiger partial charge in [-0.15, -0.1) is 0 Å². The third kappa shape index (κ3) is 4.60. The summed E-state index contributed by atoms with van der Waals surface area (Å²) in [6.45, 7) is 3.83. The Hall–Kier alpha value is -2.29. The number of aryl methyl sites for hydroxylation is 1. The third-order valence-corrected chi connectivity index (χ3v) is 4.69. The average molecular weight is 323 g/mol. The molecule has 3 heteroatoms. The first kappa shape index (κ1) is 16.6. The Bertz CT molecular complexity index is 661. The number of nitrogens with zero attached hydrogens (tertiary/aromatic N) is 1. The van der Waals surface area contributed by atoms with Gasteiger partial charge in [-0.1, -0.05) is 42.5 Å². The number of hydrogen-bond donors (Lipinski definition) is 0. The summed E-state index contributed by atoms with van der Waals surface area (Å²) in [6.07, 6.45) is 3.26. The van der Waals surface area contributed by atoms with Crippen molar-refractivity contribution in [2.75, 3.05) is 19.7 Å². The maximum Gasteiger partial charge on any atom is 0.260 e. The summed E-state index contributed by atoms with van der Waals surface area (Å²) < 4.78 is 5.63. The van der Waals surface area contributed by atoms with E-state index in [4.69, 9.17) is 4.74 Å². The Morgan fingerprint density at radius 1 is 1.08 bits per heavy atom. The van der Waals surface area contributed by atoms with Crippen LogP contribution in [0.15, 0.2) is 54.6 Å². The molecule has 2 aromatic rings. The molecule has 3 rings (SSSR count). The first-order valence-corrected chi connectivity index (χ1v) is 8.72. The summed E-state index contributed by atoms with van der Waals surface area (Å²) in [6, 6.07) is 18.4. The zero-order valence-corrected chi connectivity index (χ0v) is 14.3. The second-order valence-electron chi connectivity index (χ2n) is 6.62. The number of hydrogen-bond acceptors (Lipinski definition) is 2. The summed E-state index contributed by atoms with van der Waals surface area (Å²) in [4.78, 5) is 14.3. The Balaban J connectivity index is 1.43. The molecule has 1 heterocycles. The van der Waals surface area contributed by atoms with E-state index in [0.29, 0.717) is 5.92 Å². The SMILES string of the molecule is Cc1cccc(OCC(=O)N2CCC(Cc3ccccc3)CC2)c1. The van der Waals surface area contributed by atoms with Crippen molar-refractivity contribution >= 4 is 5.91 Å². The minimum absolute atomic E-state index is 0.0923. The molecule has 0 spiro atoms. The summed E-state index contributed by atoms with van der Waals surface area (Å²) in [5.41, 5.74) is 2.53. The molecule has 0 aliphatic carbocycles. The molecule has 1 amide bonds. The highest BCUT2D eigenvalue weighted by molar-refractivity contribution is 5.77. The molecule has 24 heavy (non-hydrogen) atoms. The van der Waals surface area contributed by atoms with Crippen LogP contribution < -0.4 is 4.74 Å². The molecule has 2 aromatic carbocycles. The van der Waals surface area contributed by atoms with Gasteiger partial charge < -0.3 is 9.64 Å². The number of likely N-dealkylation sites (tertiary alicyclic amines) is 1. The molecule has 0 aromatic heterocycles. The van der Waals surface area contributed by atoms with Gasteiger partial charge >= 0.3 is 0 Å². The van der Waals surface area contributed by atoms with E-state index in [2.05, 4.69) is 30.3 Å². The van der Waals surface area contributed by atoms with Crippen molar-refractivity contribution in [3.05, 3.63) is 65.7 Å². The quantitative estimate of drug-likeness (QED) is 0.836. The summed E-state index contributed by atoms with van der Waals surface area (Å²) in [5, 5.41) is 0. The number of carbonyl (C=O) groups excluding carboxylic acids is 1. The summed E-state index contributed by atoms with van der Waals surface area (Å²) >= 11 is 0. The third-order valence-electron chi connectivity index (χ3n) is 4.69. The van der Waals surface area contributed by atoms with Gasteiger partial charge in [-0.2, -0.15) is 0 Å². The highest BCUT2D eigenvalue weighted by Crippen LogP contribution is 2.22. The minimum atomic E-state index is 0.0923. The number of rotatable bonds is 5. The van der Waals surface area contributed by atoms with E-state index >= 15 is 0 Å². The van der Waals surface area contributed by atoms with E-state index in [9.17, 15) is 4.79 Å². The van der Waals surface area contributed by atoms with Crippen LogP contribution in [0.25, 0.3) is 0 Å². The fraction of sp³-hybridized carbons (Fsp3) is 0.381. The molecular formula is C21H25NO2. The molecule has 126 valence electrons. The van der Waals surface area contributed by atoms with E-state index in [1.54, 1.807) is 0 Å². The fourth-order valence-corrected chi connectivity index (χ4v) is 3.28. The molecule has 0 atom stereocenters. The van der Waals surface area contributed by atoms with E-state index in [1.165, 1.54) is 5.56 Å². The average Bonchev–Trinajstić information content (AvgIpc) is 2.61. The van der Waals surface area contributed by atoms with Crippen molar-refractivity contribution in [1.29, 1.82) is 0 Å². The van der Waals surface area contributed by atoms with Crippen molar-refractivity contribution in [2.24, 2.45) is 5.92 Å². The molecular weight excluding hydrogens is 298 g/mol. The van der Waals surface area contributed by atoms with Crippen molar-refractivity contribution in [3.63, 3.8) is 0 Å². The van der Waals surface area contributed by atoms with Crippen LogP contribution >= 0.6 is 0 Å². The number of ether oxygens (including phenoxy) is 1. The lowest BCUT2D eigenvalue weighted by Crippen LogP contribution is -2.41. The molecule has 1 saturated heterocycles. The number of amides is 1. The second kappa shape index (κ2) is 8.00. The molecule has 0 unspecified atom stereocenters. The fourth-order valence-electron chi connectivity index (χ4n) is 3.28. The maximum absolute atomic E-state index is 12.3. The van der Waals surface area contributed by atoms with Crippen molar-refractivity contribution in [1.82, 2.24) is 4.90 Å². The topological polar surface area (TPSA) is 29.5 Å². The van der Waals surface area contributed by atoms with Crippen LogP contribution in [-0.4, -0.2) is 30.5 Å². The number of benzene rings is 2. The monoisotopic (exact) mass is 323 g/mol. The molecule has 0 N–H and O–H groups in total. The minimum Gasteiger partial charge on any atom is -0.484 e. The van der Waals surface area contributed by atoms with Crippen LogP contribution in [-0.2, 0) is 11.2 Å². The Morgan fingerprint density at radius 3 is 2.54 bits per heavy atom. The normalized spacial score (nSPS) is 15.3. The van der Waals surface area contributed by atoms with E-state index < -0.39 is 0 Å². The van der Waals surface area contributed by atoms with Crippen LogP contribution in [0.1, 0.15) is 24.0 Å².